The van der Waals surface area contributed by atoms with E-state index in [1.807, 2.05) is 0 Å². The molecule has 0 bridgehead atoms. The van der Waals surface area contributed by atoms with Gasteiger partial charge in [0.1, 0.15) is 0 Å². The van der Waals surface area contributed by atoms with E-state index in [1.54, 1.807) is 0 Å². The molecule has 0 amide bonds. The molecule has 0 fully saturated rings. The van der Waals surface area contributed by atoms with Crippen LogP contribution in [0, 0.1) is 0 Å². The smallest absolute Gasteiger partial charge is 1.00 e. The Hall–Kier alpha value is 0.870. The molecule has 0 saturated carbocycles. The van der Waals surface area contributed by atoms with Crippen molar-refractivity contribution in [1.29, 1.82) is 0 Å². The van der Waals surface area contributed by atoms with E-state index in [9.17, 15) is 8.42 Å². The molecule has 0 aliphatic heterocycles. The molecule has 6 heteroatoms. The molecule has 0 rings (SSSR count). The van der Waals surface area contributed by atoms with Crippen molar-refractivity contribution in [3.63, 3.8) is 0 Å². The van der Waals surface area contributed by atoms with Crippen LogP contribution in [0.2, 0.25) is 0 Å². The van der Waals surface area contributed by atoms with E-state index in [-0.39, 0.29) is 31.0 Å². The van der Waals surface area contributed by atoms with Gasteiger partial charge in [0.2, 0.25) is 0 Å². The summed E-state index contributed by atoms with van der Waals surface area (Å²) in [5.74, 6) is 0. The summed E-state index contributed by atoms with van der Waals surface area (Å²) < 4.78 is 29.7. The zero-order valence-corrected chi connectivity index (χ0v) is 16.0. The standard InChI is InChI=1S/C12H26.CH4O4S.Na.H/c1-3-5-7-9-11-12-10-8-6-4-2;1-5-6(2,3)4;;/h3-12H2,1-2H3;1H3,(H,2,3,4);;/q;;+1;-1. The van der Waals surface area contributed by atoms with Gasteiger partial charge in [-0.25, -0.2) is 0 Å². The third kappa shape index (κ3) is 32.4. The minimum atomic E-state index is -4.16. The Labute approximate surface area is 143 Å². The predicted octanol–water partition coefficient (Wildman–Crippen LogP) is 1.48. The van der Waals surface area contributed by atoms with E-state index in [0.717, 1.165) is 7.11 Å². The van der Waals surface area contributed by atoms with Gasteiger partial charge < -0.3 is 1.43 Å². The molecule has 0 aliphatic carbocycles. The fourth-order valence-corrected chi connectivity index (χ4v) is 1.56. The molecular formula is C13H31NaO4S. The van der Waals surface area contributed by atoms with Crippen molar-refractivity contribution < 1.29 is 48.1 Å². The number of rotatable bonds is 10. The van der Waals surface area contributed by atoms with Gasteiger partial charge in [-0.05, 0) is 0 Å². The second-order valence-electron chi connectivity index (χ2n) is 4.42. The molecule has 0 aliphatic rings. The van der Waals surface area contributed by atoms with Gasteiger partial charge in [-0.15, -0.1) is 0 Å². The van der Waals surface area contributed by atoms with Crippen LogP contribution in [0.3, 0.4) is 0 Å². The molecule has 0 spiro atoms. The average molecular weight is 306 g/mol. The molecule has 114 valence electrons. The van der Waals surface area contributed by atoms with Crippen molar-refractivity contribution in [2.75, 3.05) is 7.11 Å². The van der Waals surface area contributed by atoms with Crippen LogP contribution in [0.25, 0.3) is 0 Å². The van der Waals surface area contributed by atoms with Crippen molar-refractivity contribution >= 4 is 10.4 Å². The van der Waals surface area contributed by atoms with Crippen LogP contribution in [0.15, 0.2) is 0 Å². The molecule has 0 atom stereocenters. The first kappa shape index (κ1) is 24.9. The minimum Gasteiger partial charge on any atom is -1.00 e. The van der Waals surface area contributed by atoms with Crippen LogP contribution >= 0.6 is 0 Å². The fraction of sp³-hybridized carbons (Fsp3) is 1.00. The minimum absolute atomic E-state index is 0. The Morgan fingerprint density at radius 2 is 1.05 bits per heavy atom. The van der Waals surface area contributed by atoms with E-state index < -0.39 is 10.4 Å². The molecule has 0 unspecified atom stereocenters. The third-order valence-electron chi connectivity index (χ3n) is 2.67. The summed E-state index contributed by atoms with van der Waals surface area (Å²) in [6.45, 7) is 4.56. The quantitative estimate of drug-likeness (QED) is 0.377. The first-order chi connectivity index (χ1) is 8.47. The van der Waals surface area contributed by atoms with E-state index >= 15 is 0 Å². The van der Waals surface area contributed by atoms with Gasteiger partial charge in [-0.3, -0.25) is 8.74 Å². The number of unbranched alkanes of at least 4 members (excludes halogenated alkanes) is 9. The van der Waals surface area contributed by atoms with E-state index in [0.29, 0.717) is 0 Å². The molecule has 4 nitrogen and oxygen atoms in total. The van der Waals surface area contributed by atoms with Crippen molar-refractivity contribution in [2.24, 2.45) is 0 Å². The molecule has 0 heterocycles. The van der Waals surface area contributed by atoms with Crippen molar-refractivity contribution in [3.05, 3.63) is 0 Å². The Morgan fingerprint density at radius 3 is 1.21 bits per heavy atom. The Balaban J connectivity index is -0.000000139. The second-order valence-corrected chi connectivity index (χ2v) is 5.61. The second kappa shape index (κ2) is 18.9. The van der Waals surface area contributed by atoms with Crippen molar-refractivity contribution in [3.8, 4) is 0 Å². The Morgan fingerprint density at radius 1 is 0.842 bits per heavy atom. The first-order valence-corrected chi connectivity index (χ1v) is 8.37. The van der Waals surface area contributed by atoms with Crippen LogP contribution in [0.5, 0.6) is 0 Å². The summed E-state index contributed by atoms with van der Waals surface area (Å²) in [4.78, 5) is 0. The Kier molecular flexibility index (Phi) is 24.7. The largest absolute Gasteiger partial charge is 1.00 e. The van der Waals surface area contributed by atoms with Crippen LogP contribution in [-0.4, -0.2) is 20.1 Å². The van der Waals surface area contributed by atoms with E-state index in [1.165, 1.54) is 64.2 Å². The maximum absolute atomic E-state index is 9.33. The summed E-state index contributed by atoms with van der Waals surface area (Å²) in [6, 6.07) is 0. The third-order valence-corrected chi connectivity index (χ3v) is 3.09. The van der Waals surface area contributed by atoms with Crippen molar-refractivity contribution in [2.45, 2.75) is 78.1 Å². The monoisotopic (exact) mass is 306 g/mol. The summed E-state index contributed by atoms with van der Waals surface area (Å²) in [5, 5.41) is 0. The zero-order valence-electron chi connectivity index (χ0n) is 14.2. The molecule has 0 aromatic heterocycles. The van der Waals surface area contributed by atoms with Crippen LogP contribution in [-0.2, 0) is 14.6 Å². The van der Waals surface area contributed by atoms with E-state index in [4.69, 9.17) is 4.55 Å². The zero-order chi connectivity index (χ0) is 14.3. The maximum Gasteiger partial charge on any atom is 1.00 e. The maximum atomic E-state index is 9.33. The van der Waals surface area contributed by atoms with Gasteiger partial charge in [-0.2, -0.15) is 8.42 Å². The first-order valence-electron chi connectivity index (χ1n) is 7.01. The normalized spacial score (nSPS) is 10.3. The molecule has 19 heavy (non-hydrogen) atoms. The van der Waals surface area contributed by atoms with Crippen LogP contribution in [0.1, 0.15) is 79.5 Å². The van der Waals surface area contributed by atoms with Gasteiger partial charge in [0.05, 0.1) is 7.11 Å². The van der Waals surface area contributed by atoms with Crippen molar-refractivity contribution in [1.82, 2.24) is 0 Å². The van der Waals surface area contributed by atoms with Gasteiger partial charge in [-0.1, -0.05) is 78.1 Å². The van der Waals surface area contributed by atoms with Gasteiger partial charge >= 0.3 is 40.0 Å². The molecule has 1 N–H and O–H groups in total. The average Bonchev–Trinajstić information content (AvgIpc) is 2.33. The van der Waals surface area contributed by atoms with Gasteiger partial charge in [0.25, 0.3) is 0 Å². The van der Waals surface area contributed by atoms with Gasteiger partial charge in [0.15, 0.2) is 0 Å². The molecule has 0 saturated heterocycles. The molecule has 0 aromatic carbocycles. The Bertz CT molecular complexity index is 239. The summed E-state index contributed by atoms with van der Waals surface area (Å²) >= 11 is 0. The van der Waals surface area contributed by atoms with E-state index in [2.05, 4.69) is 18.0 Å². The van der Waals surface area contributed by atoms with Gasteiger partial charge in [0, 0.05) is 0 Å². The fourth-order valence-electron chi connectivity index (χ4n) is 1.56. The van der Waals surface area contributed by atoms with Crippen LogP contribution < -0.4 is 29.6 Å². The number of hydrogen-bond acceptors (Lipinski definition) is 3. The molecular weight excluding hydrogens is 275 g/mol. The summed E-state index contributed by atoms with van der Waals surface area (Å²) in [5.41, 5.74) is 0. The molecule has 0 radical (unpaired) electrons. The topological polar surface area (TPSA) is 63.6 Å². The predicted molar refractivity (Wildman–Crippen MR) is 77.2 cm³/mol. The summed E-state index contributed by atoms with van der Waals surface area (Å²) in [7, 11) is -3.29. The number of hydrogen-bond donors (Lipinski definition) is 1. The molecule has 0 aromatic rings. The SMILES string of the molecule is CCCCCCCCCCCC.COS(=O)(=O)O.[H-].[Na+]. The van der Waals surface area contributed by atoms with Crippen LogP contribution in [0.4, 0.5) is 0 Å². The summed E-state index contributed by atoms with van der Waals surface area (Å²) in [6.07, 6.45) is 14.4.